The van der Waals surface area contributed by atoms with Crippen LogP contribution >= 0.6 is 35.6 Å². The smallest absolute Gasteiger partial charge is 0.191 e. The Morgan fingerprint density at radius 2 is 2.04 bits per heavy atom. The van der Waals surface area contributed by atoms with Gasteiger partial charge in [0.15, 0.2) is 5.96 Å². The third kappa shape index (κ3) is 7.55. The molecule has 0 amide bonds. The highest BCUT2D eigenvalue weighted by molar-refractivity contribution is 14.0. The summed E-state index contributed by atoms with van der Waals surface area (Å²) in [4.78, 5) is 6.74. The van der Waals surface area contributed by atoms with E-state index in [1.807, 2.05) is 24.3 Å². The van der Waals surface area contributed by atoms with Crippen molar-refractivity contribution in [1.29, 1.82) is 0 Å². The Bertz CT molecular complexity index is 511. The summed E-state index contributed by atoms with van der Waals surface area (Å²) in [6.07, 6.45) is 2.62. The van der Waals surface area contributed by atoms with Crippen LogP contribution in [0.1, 0.15) is 18.4 Å². The van der Waals surface area contributed by atoms with Crippen LogP contribution in [0, 0.1) is 0 Å². The summed E-state index contributed by atoms with van der Waals surface area (Å²) in [6, 6.07) is 8.58. The van der Waals surface area contributed by atoms with E-state index in [0.29, 0.717) is 6.54 Å². The van der Waals surface area contributed by atoms with Crippen LogP contribution in [0.5, 0.6) is 0 Å². The van der Waals surface area contributed by atoms with Crippen molar-refractivity contribution in [2.45, 2.75) is 25.4 Å². The van der Waals surface area contributed by atoms with Gasteiger partial charge in [-0.15, -0.1) is 24.0 Å². The second-order valence-corrected chi connectivity index (χ2v) is 6.11. The van der Waals surface area contributed by atoms with Crippen molar-refractivity contribution in [3.05, 3.63) is 34.9 Å². The maximum absolute atomic E-state index is 6.17. The van der Waals surface area contributed by atoms with E-state index in [1.165, 1.54) is 12.8 Å². The van der Waals surface area contributed by atoms with E-state index in [-0.39, 0.29) is 24.0 Å². The Balaban J connectivity index is 0.00000288. The van der Waals surface area contributed by atoms with Crippen LogP contribution in [-0.2, 0) is 11.3 Å². The highest BCUT2D eigenvalue weighted by atomic mass is 127. The molecule has 1 saturated carbocycles. The van der Waals surface area contributed by atoms with Gasteiger partial charge in [0.25, 0.3) is 0 Å². The first kappa shape index (κ1) is 21.5. The molecule has 2 rings (SSSR count). The van der Waals surface area contributed by atoms with E-state index >= 15 is 0 Å². The molecule has 1 fully saturated rings. The van der Waals surface area contributed by atoms with E-state index in [0.717, 1.165) is 48.8 Å². The van der Waals surface area contributed by atoms with Gasteiger partial charge in [0.2, 0.25) is 0 Å². The van der Waals surface area contributed by atoms with Crippen molar-refractivity contribution in [3.63, 3.8) is 0 Å². The fraction of sp³-hybridized carbons (Fsp3) is 0.588. The first-order valence-corrected chi connectivity index (χ1v) is 8.53. The van der Waals surface area contributed by atoms with Crippen LogP contribution in [0.15, 0.2) is 29.3 Å². The van der Waals surface area contributed by atoms with Crippen LogP contribution in [0.3, 0.4) is 0 Å². The lowest BCUT2D eigenvalue weighted by Crippen LogP contribution is -2.42. The van der Waals surface area contributed by atoms with Gasteiger partial charge in [0, 0.05) is 51.4 Å². The highest BCUT2D eigenvalue weighted by Gasteiger charge is 2.28. The molecular formula is C17H28ClIN4O. The van der Waals surface area contributed by atoms with Crippen LogP contribution in [0.2, 0.25) is 5.02 Å². The summed E-state index contributed by atoms with van der Waals surface area (Å²) in [7, 11) is 3.54. The summed E-state index contributed by atoms with van der Waals surface area (Å²) in [5, 5.41) is 7.43. The molecule has 0 atom stereocenters. The number of hydrogen-bond donors (Lipinski definition) is 2. The summed E-state index contributed by atoms with van der Waals surface area (Å²) < 4.78 is 5.19. The topological polar surface area (TPSA) is 48.9 Å². The molecule has 24 heavy (non-hydrogen) atoms. The molecule has 2 N–H and O–H groups in total. The molecule has 1 aromatic carbocycles. The van der Waals surface area contributed by atoms with Gasteiger partial charge in [-0.2, -0.15) is 0 Å². The maximum Gasteiger partial charge on any atom is 0.191 e. The van der Waals surface area contributed by atoms with Crippen molar-refractivity contribution >= 4 is 41.5 Å². The highest BCUT2D eigenvalue weighted by Crippen LogP contribution is 2.25. The van der Waals surface area contributed by atoms with E-state index in [2.05, 4.69) is 20.5 Å². The van der Waals surface area contributed by atoms with Gasteiger partial charge in [-0.3, -0.25) is 9.89 Å². The van der Waals surface area contributed by atoms with Gasteiger partial charge >= 0.3 is 0 Å². The Hall–Kier alpha value is -0.570. The molecule has 0 radical (unpaired) electrons. The van der Waals surface area contributed by atoms with Crippen molar-refractivity contribution in [2.24, 2.45) is 4.99 Å². The molecule has 5 nitrogen and oxygen atoms in total. The zero-order valence-corrected chi connectivity index (χ0v) is 17.5. The fourth-order valence-electron chi connectivity index (χ4n) is 2.48. The number of hydrogen-bond acceptors (Lipinski definition) is 3. The van der Waals surface area contributed by atoms with Crippen molar-refractivity contribution < 1.29 is 4.74 Å². The standard InChI is InChI=1S/C17H27ClN4O.HI/c1-19-17(21-13-14-5-3-4-6-16(14)18)20-9-10-22(11-12-23-2)15-7-8-15;/h3-6,15H,7-13H2,1-2H3,(H2,19,20,21);1H. The Labute approximate surface area is 167 Å². The minimum absolute atomic E-state index is 0. The number of guanidine groups is 1. The normalized spacial score (nSPS) is 14.4. The number of methoxy groups -OCH3 is 1. The van der Waals surface area contributed by atoms with Crippen molar-refractivity contribution in [1.82, 2.24) is 15.5 Å². The van der Waals surface area contributed by atoms with Crippen LogP contribution in [-0.4, -0.2) is 57.3 Å². The molecule has 0 bridgehead atoms. The quantitative estimate of drug-likeness (QED) is 0.334. The predicted molar refractivity (Wildman–Crippen MR) is 112 cm³/mol. The van der Waals surface area contributed by atoms with Gasteiger partial charge in [-0.25, -0.2) is 0 Å². The second kappa shape index (κ2) is 11.9. The van der Waals surface area contributed by atoms with Crippen LogP contribution in [0.4, 0.5) is 0 Å². The van der Waals surface area contributed by atoms with Gasteiger partial charge < -0.3 is 15.4 Å². The number of benzene rings is 1. The third-order valence-corrected chi connectivity index (χ3v) is 4.33. The monoisotopic (exact) mass is 466 g/mol. The van der Waals surface area contributed by atoms with E-state index in [4.69, 9.17) is 16.3 Å². The summed E-state index contributed by atoms with van der Waals surface area (Å²) >= 11 is 6.17. The SMILES string of the molecule is CN=C(NCCN(CCOC)C1CC1)NCc1ccccc1Cl.I. The van der Waals surface area contributed by atoms with Crippen molar-refractivity contribution in [2.75, 3.05) is 40.4 Å². The number of aliphatic imine (C=N–C) groups is 1. The number of halogens is 2. The molecule has 1 aromatic rings. The van der Waals surface area contributed by atoms with Crippen LogP contribution in [0.25, 0.3) is 0 Å². The molecule has 0 aliphatic heterocycles. The van der Waals surface area contributed by atoms with Gasteiger partial charge in [-0.1, -0.05) is 29.8 Å². The molecule has 0 saturated heterocycles. The summed E-state index contributed by atoms with van der Waals surface area (Å²) in [5.74, 6) is 0.799. The predicted octanol–water partition coefficient (Wildman–Crippen LogP) is 2.73. The lowest BCUT2D eigenvalue weighted by molar-refractivity contribution is 0.144. The van der Waals surface area contributed by atoms with Crippen LogP contribution < -0.4 is 10.6 Å². The average Bonchev–Trinajstić information content (AvgIpc) is 3.40. The lowest BCUT2D eigenvalue weighted by atomic mass is 10.2. The average molecular weight is 467 g/mol. The zero-order valence-electron chi connectivity index (χ0n) is 14.4. The molecule has 0 aromatic heterocycles. The maximum atomic E-state index is 6.17. The van der Waals surface area contributed by atoms with Gasteiger partial charge in [0.1, 0.15) is 0 Å². The summed E-state index contributed by atoms with van der Waals surface area (Å²) in [5.41, 5.74) is 1.07. The van der Waals surface area contributed by atoms with E-state index < -0.39 is 0 Å². The number of ether oxygens (including phenoxy) is 1. The minimum Gasteiger partial charge on any atom is -0.383 e. The number of nitrogens with one attached hydrogen (secondary N) is 2. The Kier molecular flexibility index (Phi) is 10.6. The van der Waals surface area contributed by atoms with E-state index in [1.54, 1.807) is 14.2 Å². The molecular weight excluding hydrogens is 439 g/mol. The third-order valence-electron chi connectivity index (χ3n) is 3.97. The zero-order chi connectivity index (χ0) is 16.5. The number of nitrogens with zero attached hydrogens (tertiary/aromatic N) is 2. The Morgan fingerprint density at radius 1 is 1.29 bits per heavy atom. The first-order chi connectivity index (χ1) is 11.2. The molecule has 1 aliphatic rings. The van der Waals surface area contributed by atoms with Gasteiger partial charge in [-0.05, 0) is 24.5 Å². The number of rotatable bonds is 9. The Morgan fingerprint density at radius 3 is 2.67 bits per heavy atom. The minimum atomic E-state index is 0. The lowest BCUT2D eigenvalue weighted by Gasteiger charge is -2.22. The molecule has 0 spiro atoms. The first-order valence-electron chi connectivity index (χ1n) is 8.15. The fourth-order valence-corrected chi connectivity index (χ4v) is 2.69. The summed E-state index contributed by atoms with van der Waals surface area (Å²) in [6.45, 7) is 4.31. The molecule has 0 heterocycles. The van der Waals surface area contributed by atoms with Crippen molar-refractivity contribution in [3.8, 4) is 0 Å². The largest absolute Gasteiger partial charge is 0.383 e. The molecule has 1 aliphatic carbocycles. The molecule has 0 unspecified atom stereocenters. The molecule has 7 heteroatoms. The van der Waals surface area contributed by atoms with E-state index in [9.17, 15) is 0 Å². The van der Waals surface area contributed by atoms with Gasteiger partial charge in [0.05, 0.1) is 6.61 Å². The molecule has 136 valence electrons. The second-order valence-electron chi connectivity index (χ2n) is 5.70.